The summed E-state index contributed by atoms with van der Waals surface area (Å²) in [6.07, 6.45) is 9.69. The second-order valence-electron chi connectivity index (χ2n) is 8.67. The molecule has 6 unspecified atom stereocenters. The first-order chi connectivity index (χ1) is 9.98. The fraction of sp³-hybridized carbons (Fsp3) is 0.895. The fourth-order valence-corrected chi connectivity index (χ4v) is 6.86. The van der Waals surface area contributed by atoms with Crippen molar-refractivity contribution in [2.45, 2.75) is 71.6 Å². The lowest BCUT2D eigenvalue weighted by molar-refractivity contribution is -0.156. The van der Waals surface area contributed by atoms with Gasteiger partial charge in [0.05, 0.1) is 0 Å². The Labute approximate surface area is 128 Å². The van der Waals surface area contributed by atoms with Crippen LogP contribution in [-0.2, 0) is 9.59 Å². The number of hydrogen-bond acceptors (Lipinski definition) is 2. The minimum atomic E-state index is -0.0614. The highest BCUT2D eigenvalue weighted by Gasteiger charge is 2.61. The number of Topliss-reactive ketones (excluding diaryl/α,β-unsaturated/α-hetero) is 2. The maximum Gasteiger partial charge on any atom is 0.139 e. The molecule has 0 saturated heterocycles. The first-order valence-electron chi connectivity index (χ1n) is 9.04. The van der Waals surface area contributed by atoms with E-state index in [0.29, 0.717) is 35.2 Å². The Bertz CT molecular complexity index is 496. The molecule has 0 aromatic carbocycles. The molecule has 0 heterocycles. The molecule has 21 heavy (non-hydrogen) atoms. The molecule has 4 aliphatic carbocycles. The third-order valence-corrected chi connectivity index (χ3v) is 8.17. The summed E-state index contributed by atoms with van der Waals surface area (Å²) in [6.45, 7) is 4.51. The van der Waals surface area contributed by atoms with Crippen molar-refractivity contribution in [3.63, 3.8) is 0 Å². The van der Waals surface area contributed by atoms with E-state index in [1.807, 2.05) is 0 Å². The van der Waals surface area contributed by atoms with Crippen molar-refractivity contribution < 1.29 is 9.59 Å². The summed E-state index contributed by atoms with van der Waals surface area (Å²) in [5.41, 5.74) is -0.115. The smallest absolute Gasteiger partial charge is 0.139 e. The lowest BCUT2D eigenvalue weighted by atomic mass is 9.45. The first-order valence-corrected chi connectivity index (χ1v) is 9.04. The maximum absolute atomic E-state index is 12.8. The lowest BCUT2D eigenvalue weighted by Gasteiger charge is -2.58. The van der Waals surface area contributed by atoms with Crippen LogP contribution in [0, 0.1) is 34.5 Å². The van der Waals surface area contributed by atoms with Crippen LogP contribution in [-0.4, -0.2) is 11.6 Å². The van der Waals surface area contributed by atoms with Gasteiger partial charge in [-0.25, -0.2) is 0 Å². The van der Waals surface area contributed by atoms with E-state index in [0.717, 1.165) is 38.5 Å². The number of fused-ring (bicyclic) bond motifs is 5. The van der Waals surface area contributed by atoms with Crippen molar-refractivity contribution in [3.8, 4) is 0 Å². The van der Waals surface area contributed by atoms with Gasteiger partial charge in [0, 0.05) is 23.7 Å². The molecule has 0 aromatic rings. The minimum absolute atomic E-state index is 0.0535. The van der Waals surface area contributed by atoms with Gasteiger partial charge in [0.15, 0.2) is 0 Å². The molecular weight excluding hydrogens is 260 g/mol. The van der Waals surface area contributed by atoms with Crippen molar-refractivity contribution >= 4 is 11.6 Å². The topological polar surface area (TPSA) is 34.1 Å². The Morgan fingerprint density at radius 2 is 1.67 bits per heavy atom. The lowest BCUT2D eigenvalue weighted by Crippen LogP contribution is -2.56. The zero-order valence-electron chi connectivity index (χ0n) is 13.5. The average molecular weight is 288 g/mol. The monoisotopic (exact) mass is 288 g/mol. The van der Waals surface area contributed by atoms with E-state index < -0.39 is 0 Å². The normalized spacial score (nSPS) is 53.0. The van der Waals surface area contributed by atoms with E-state index in [-0.39, 0.29) is 10.8 Å². The molecule has 4 rings (SSSR count). The third-order valence-electron chi connectivity index (χ3n) is 8.17. The molecular formula is C19H28O2. The number of carbonyl (C=O) groups excluding carboxylic acids is 2. The highest BCUT2D eigenvalue weighted by atomic mass is 16.1. The zero-order valence-corrected chi connectivity index (χ0v) is 13.5. The van der Waals surface area contributed by atoms with Crippen LogP contribution in [0.25, 0.3) is 0 Å². The summed E-state index contributed by atoms with van der Waals surface area (Å²) in [5.74, 6) is 3.44. The number of carbonyl (C=O) groups is 2. The molecule has 0 radical (unpaired) electrons. The molecule has 6 atom stereocenters. The van der Waals surface area contributed by atoms with Crippen LogP contribution in [0.15, 0.2) is 0 Å². The van der Waals surface area contributed by atoms with Crippen LogP contribution in [0.2, 0.25) is 0 Å². The van der Waals surface area contributed by atoms with Gasteiger partial charge in [0.1, 0.15) is 11.6 Å². The molecule has 2 heteroatoms. The molecule has 0 spiro atoms. The Kier molecular flexibility index (Phi) is 2.94. The Morgan fingerprint density at radius 3 is 2.48 bits per heavy atom. The van der Waals surface area contributed by atoms with Gasteiger partial charge in [0.2, 0.25) is 0 Å². The second-order valence-corrected chi connectivity index (χ2v) is 8.67. The van der Waals surface area contributed by atoms with Crippen LogP contribution >= 0.6 is 0 Å². The Hall–Kier alpha value is -0.660. The molecule has 0 aliphatic heterocycles. The molecule has 4 fully saturated rings. The SMILES string of the molecule is CC12CCC3C(CCC4CCCC(=O)C43C)C1CCC2=O. The molecule has 0 aromatic heterocycles. The first kappa shape index (κ1) is 14.0. The number of rotatable bonds is 0. The zero-order chi connectivity index (χ0) is 14.8. The summed E-state index contributed by atoms with van der Waals surface area (Å²) in [4.78, 5) is 25.1. The van der Waals surface area contributed by atoms with Crippen molar-refractivity contribution in [2.24, 2.45) is 34.5 Å². The molecule has 4 aliphatic rings. The summed E-state index contributed by atoms with van der Waals surface area (Å²) >= 11 is 0. The Morgan fingerprint density at radius 1 is 0.857 bits per heavy atom. The Balaban J connectivity index is 1.70. The number of hydrogen-bond donors (Lipinski definition) is 0. The van der Waals surface area contributed by atoms with Crippen LogP contribution in [0.3, 0.4) is 0 Å². The van der Waals surface area contributed by atoms with Crippen LogP contribution in [0.4, 0.5) is 0 Å². The van der Waals surface area contributed by atoms with Crippen molar-refractivity contribution in [3.05, 3.63) is 0 Å². The van der Waals surface area contributed by atoms with E-state index in [1.54, 1.807) is 0 Å². The highest BCUT2D eigenvalue weighted by molar-refractivity contribution is 5.88. The fourth-order valence-electron chi connectivity index (χ4n) is 6.86. The predicted molar refractivity (Wildman–Crippen MR) is 81.7 cm³/mol. The van der Waals surface area contributed by atoms with Crippen molar-refractivity contribution in [2.75, 3.05) is 0 Å². The van der Waals surface area contributed by atoms with Crippen molar-refractivity contribution in [1.29, 1.82) is 0 Å². The second kappa shape index (κ2) is 4.43. The summed E-state index contributed by atoms with van der Waals surface area (Å²) in [7, 11) is 0. The van der Waals surface area contributed by atoms with E-state index in [2.05, 4.69) is 13.8 Å². The number of ketones is 2. The van der Waals surface area contributed by atoms with Gasteiger partial charge in [-0.2, -0.15) is 0 Å². The summed E-state index contributed by atoms with van der Waals surface area (Å²) < 4.78 is 0. The molecule has 116 valence electrons. The molecule has 2 nitrogen and oxygen atoms in total. The van der Waals surface area contributed by atoms with Gasteiger partial charge in [-0.1, -0.05) is 13.8 Å². The van der Waals surface area contributed by atoms with E-state index >= 15 is 0 Å². The van der Waals surface area contributed by atoms with Crippen molar-refractivity contribution in [1.82, 2.24) is 0 Å². The molecule has 0 N–H and O–H groups in total. The maximum atomic E-state index is 12.8. The van der Waals surface area contributed by atoms with Crippen LogP contribution in [0.5, 0.6) is 0 Å². The van der Waals surface area contributed by atoms with Gasteiger partial charge in [-0.3, -0.25) is 9.59 Å². The van der Waals surface area contributed by atoms with Gasteiger partial charge in [0.25, 0.3) is 0 Å². The van der Waals surface area contributed by atoms with E-state index in [9.17, 15) is 9.59 Å². The van der Waals surface area contributed by atoms with E-state index in [4.69, 9.17) is 0 Å². The van der Waals surface area contributed by atoms with Gasteiger partial charge in [-0.05, 0) is 68.6 Å². The molecule has 4 saturated carbocycles. The van der Waals surface area contributed by atoms with Gasteiger partial charge in [-0.15, -0.1) is 0 Å². The summed E-state index contributed by atoms with van der Waals surface area (Å²) in [6, 6.07) is 0. The van der Waals surface area contributed by atoms with Crippen LogP contribution in [0.1, 0.15) is 71.6 Å². The van der Waals surface area contributed by atoms with Crippen LogP contribution < -0.4 is 0 Å². The third kappa shape index (κ3) is 1.65. The standard InChI is InChI=1S/C19H28O2/c1-18-11-10-15-13(14(18)8-9-16(18)20)7-6-12-4-3-5-17(21)19(12,15)2/h12-15H,3-11H2,1-2H3. The summed E-state index contributed by atoms with van der Waals surface area (Å²) in [5, 5.41) is 0. The molecule has 0 amide bonds. The van der Waals surface area contributed by atoms with Gasteiger partial charge < -0.3 is 0 Å². The minimum Gasteiger partial charge on any atom is -0.299 e. The highest BCUT2D eigenvalue weighted by Crippen LogP contribution is 2.64. The predicted octanol–water partition coefficient (Wildman–Crippen LogP) is 4.17. The average Bonchev–Trinajstić information content (AvgIpc) is 2.76. The molecule has 0 bridgehead atoms. The van der Waals surface area contributed by atoms with E-state index in [1.165, 1.54) is 19.3 Å². The quantitative estimate of drug-likeness (QED) is 0.670. The largest absolute Gasteiger partial charge is 0.299 e. The van der Waals surface area contributed by atoms with Gasteiger partial charge >= 0.3 is 0 Å².